The Morgan fingerprint density at radius 3 is 2.48 bits per heavy atom. The number of aromatic amines is 1. The maximum atomic E-state index is 13.5. The fourth-order valence-corrected chi connectivity index (χ4v) is 3.66. The number of amides is 1. The van der Waals surface area contributed by atoms with E-state index in [2.05, 4.69) is 20.4 Å². The second-order valence-corrected chi connectivity index (χ2v) is 7.75. The number of nitrogens with one attached hydrogen (secondary N) is 2. The predicted molar refractivity (Wildman–Crippen MR) is 122 cm³/mol. The van der Waals surface area contributed by atoms with Gasteiger partial charge in [0.25, 0.3) is 5.91 Å². The summed E-state index contributed by atoms with van der Waals surface area (Å²) >= 11 is 0. The number of rotatable bonds is 5. The van der Waals surface area contributed by atoms with Gasteiger partial charge in [-0.05, 0) is 43.7 Å². The molecule has 8 heteroatoms. The largest absolute Gasteiger partial charge is 0.341 e. The number of carbonyl (C=O) groups excluding carboxylic acids is 1. The van der Waals surface area contributed by atoms with E-state index in [-0.39, 0.29) is 11.7 Å². The smallest absolute Gasteiger partial charge is 0.252 e. The van der Waals surface area contributed by atoms with Gasteiger partial charge in [-0.1, -0.05) is 47.6 Å². The zero-order chi connectivity index (χ0) is 22.9. The van der Waals surface area contributed by atoms with Crippen LogP contribution in [0.5, 0.6) is 0 Å². The summed E-state index contributed by atoms with van der Waals surface area (Å²) in [6.07, 6.45) is 0. The number of hydrogen-bond acceptors (Lipinski definition) is 5. The summed E-state index contributed by atoms with van der Waals surface area (Å²) in [5, 5.41) is 6.66. The summed E-state index contributed by atoms with van der Waals surface area (Å²) in [6, 6.07) is 18.9. The average Bonchev–Trinajstić information content (AvgIpc) is 3.46. The molecule has 5 aromatic rings. The molecule has 2 heterocycles. The SMILES string of the molecule is Cc1noc([C@@H](C)NC(=O)c2cc(-c3ccc(F)cc3)c3nc(-c4ccccc4)[nH]c3c2)n1. The Balaban J connectivity index is 1.58. The minimum Gasteiger partial charge on any atom is -0.341 e. The van der Waals surface area contributed by atoms with Crippen molar-refractivity contribution in [3.63, 3.8) is 0 Å². The Morgan fingerprint density at radius 1 is 1.03 bits per heavy atom. The van der Waals surface area contributed by atoms with Crippen LogP contribution in [-0.4, -0.2) is 26.0 Å². The number of carbonyl (C=O) groups is 1. The summed E-state index contributed by atoms with van der Waals surface area (Å²) in [7, 11) is 0. The number of nitrogens with zero attached hydrogens (tertiary/aromatic N) is 3. The summed E-state index contributed by atoms with van der Waals surface area (Å²) in [5.74, 6) is 0.867. The van der Waals surface area contributed by atoms with Gasteiger partial charge in [-0.3, -0.25) is 4.79 Å². The second kappa shape index (κ2) is 8.31. The van der Waals surface area contributed by atoms with Crippen LogP contribution in [0.15, 0.2) is 71.3 Å². The van der Waals surface area contributed by atoms with Crippen LogP contribution in [0.2, 0.25) is 0 Å². The van der Waals surface area contributed by atoms with Crippen molar-refractivity contribution in [2.24, 2.45) is 0 Å². The number of benzene rings is 3. The van der Waals surface area contributed by atoms with Crippen LogP contribution >= 0.6 is 0 Å². The number of hydrogen-bond donors (Lipinski definition) is 2. The zero-order valence-corrected chi connectivity index (χ0v) is 18.0. The lowest BCUT2D eigenvalue weighted by atomic mass is 10.0. The van der Waals surface area contributed by atoms with Gasteiger partial charge < -0.3 is 14.8 Å². The van der Waals surface area contributed by atoms with Gasteiger partial charge >= 0.3 is 0 Å². The third-order valence-corrected chi connectivity index (χ3v) is 5.31. The van der Waals surface area contributed by atoms with Gasteiger partial charge in [-0.15, -0.1) is 0 Å². The van der Waals surface area contributed by atoms with E-state index in [4.69, 9.17) is 9.51 Å². The van der Waals surface area contributed by atoms with Gasteiger partial charge in [-0.2, -0.15) is 4.98 Å². The maximum Gasteiger partial charge on any atom is 0.252 e. The lowest BCUT2D eigenvalue weighted by Crippen LogP contribution is -2.27. The highest BCUT2D eigenvalue weighted by molar-refractivity contribution is 6.03. The van der Waals surface area contributed by atoms with E-state index in [0.29, 0.717) is 34.1 Å². The highest BCUT2D eigenvalue weighted by Crippen LogP contribution is 2.31. The fourth-order valence-electron chi connectivity index (χ4n) is 3.66. The highest BCUT2D eigenvalue weighted by Gasteiger charge is 2.20. The van der Waals surface area contributed by atoms with Crippen LogP contribution in [0.25, 0.3) is 33.5 Å². The van der Waals surface area contributed by atoms with Gasteiger partial charge in [0.1, 0.15) is 17.7 Å². The summed E-state index contributed by atoms with van der Waals surface area (Å²) in [5.41, 5.74) is 4.21. The van der Waals surface area contributed by atoms with Crippen LogP contribution in [0.4, 0.5) is 4.39 Å². The van der Waals surface area contributed by atoms with Gasteiger partial charge in [0.05, 0.1) is 11.0 Å². The molecular weight excluding hydrogens is 421 g/mol. The van der Waals surface area contributed by atoms with E-state index in [9.17, 15) is 9.18 Å². The monoisotopic (exact) mass is 441 g/mol. The van der Waals surface area contributed by atoms with Crippen molar-refractivity contribution in [3.8, 4) is 22.5 Å². The molecule has 0 unspecified atom stereocenters. The first-order chi connectivity index (χ1) is 16.0. The molecule has 0 radical (unpaired) electrons. The molecular formula is C25H20FN5O2. The molecule has 0 aliphatic rings. The van der Waals surface area contributed by atoms with Crippen LogP contribution in [0, 0.1) is 12.7 Å². The molecule has 0 saturated heterocycles. The molecule has 0 saturated carbocycles. The number of H-pyrrole nitrogens is 1. The molecule has 7 nitrogen and oxygen atoms in total. The molecule has 164 valence electrons. The second-order valence-electron chi connectivity index (χ2n) is 7.75. The Labute approximate surface area is 188 Å². The molecule has 0 aliphatic carbocycles. The Hall–Kier alpha value is -4.33. The summed E-state index contributed by atoms with van der Waals surface area (Å²) < 4.78 is 18.7. The van der Waals surface area contributed by atoms with Crippen molar-refractivity contribution >= 4 is 16.9 Å². The first kappa shape index (κ1) is 20.6. The van der Waals surface area contributed by atoms with Crippen molar-refractivity contribution < 1.29 is 13.7 Å². The Morgan fingerprint density at radius 2 is 1.79 bits per heavy atom. The van der Waals surface area contributed by atoms with Gasteiger partial charge in [0.15, 0.2) is 5.82 Å². The van der Waals surface area contributed by atoms with Gasteiger partial charge in [0, 0.05) is 16.7 Å². The third kappa shape index (κ3) is 4.10. The third-order valence-electron chi connectivity index (χ3n) is 5.31. The Kier molecular flexibility index (Phi) is 5.18. The minimum atomic E-state index is -0.467. The van der Waals surface area contributed by atoms with Gasteiger partial charge in [0.2, 0.25) is 5.89 Å². The number of halogens is 1. The quantitative estimate of drug-likeness (QED) is 0.390. The molecule has 2 N–H and O–H groups in total. The van der Waals surface area contributed by atoms with Crippen molar-refractivity contribution in [1.29, 1.82) is 0 Å². The van der Waals surface area contributed by atoms with Crippen LogP contribution < -0.4 is 5.32 Å². The zero-order valence-electron chi connectivity index (χ0n) is 18.0. The van der Waals surface area contributed by atoms with Crippen molar-refractivity contribution in [3.05, 3.63) is 89.8 Å². The molecule has 3 aromatic carbocycles. The molecule has 1 amide bonds. The number of aryl methyl sites for hydroxylation is 1. The lowest BCUT2D eigenvalue weighted by Gasteiger charge is -2.11. The average molecular weight is 441 g/mol. The molecule has 5 rings (SSSR count). The fraction of sp³-hybridized carbons (Fsp3) is 0.120. The lowest BCUT2D eigenvalue weighted by molar-refractivity contribution is 0.0932. The predicted octanol–water partition coefficient (Wildman–Crippen LogP) is 5.22. The topological polar surface area (TPSA) is 96.7 Å². The number of fused-ring (bicyclic) bond motifs is 1. The highest BCUT2D eigenvalue weighted by atomic mass is 19.1. The standard InChI is InChI=1S/C25H20FN5O2/c1-14(25-28-15(2)31-33-25)27-24(32)18-12-20(16-8-10-19(26)11-9-16)22-21(13-18)29-23(30-22)17-6-4-3-5-7-17/h3-14H,1-2H3,(H,27,32)(H,29,30)/t14-/m1/s1. The Bertz CT molecular complexity index is 1440. The number of imidazole rings is 1. The van der Waals surface area contributed by atoms with Crippen LogP contribution in [0.1, 0.15) is 35.0 Å². The molecule has 0 fully saturated rings. The molecule has 0 spiro atoms. The normalized spacial score (nSPS) is 12.1. The van der Waals surface area contributed by atoms with E-state index in [1.165, 1.54) is 12.1 Å². The van der Waals surface area contributed by atoms with E-state index in [1.807, 2.05) is 30.3 Å². The van der Waals surface area contributed by atoms with E-state index >= 15 is 0 Å². The molecule has 0 bridgehead atoms. The summed E-state index contributed by atoms with van der Waals surface area (Å²) in [6.45, 7) is 3.49. The van der Waals surface area contributed by atoms with Crippen LogP contribution in [0.3, 0.4) is 0 Å². The first-order valence-electron chi connectivity index (χ1n) is 10.4. The van der Waals surface area contributed by atoms with E-state index < -0.39 is 6.04 Å². The number of aromatic nitrogens is 4. The van der Waals surface area contributed by atoms with E-state index in [1.54, 1.807) is 38.1 Å². The maximum absolute atomic E-state index is 13.5. The van der Waals surface area contributed by atoms with Crippen molar-refractivity contribution in [2.75, 3.05) is 0 Å². The minimum absolute atomic E-state index is 0.306. The molecule has 0 aliphatic heterocycles. The van der Waals surface area contributed by atoms with Gasteiger partial charge in [-0.25, -0.2) is 9.37 Å². The van der Waals surface area contributed by atoms with Crippen molar-refractivity contribution in [1.82, 2.24) is 25.4 Å². The van der Waals surface area contributed by atoms with Crippen LogP contribution in [-0.2, 0) is 0 Å². The molecule has 33 heavy (non-hydrogen) atoms. The molecule has 2 aromatic heterocycles. The van der Waals surface area contributed by atoms with E-state index in [0.717, 1.165) is 16.7 Å². The van der Waals surface area contributed by atoms with Crippen molar-refractivity contribution in [2.45, 2.75) is 19.9 Å². The first-order valence-corrected chi connectivity index (χ1v) is 10.4. The molecule has 1 atom stereocenters. The summed E-state index contributed by atoms with van der Waals surface area (Å²) in [4.78, 5) is 25.4.